The lowest BCUT2D eigenvalue weighted by Crippen LogP contribution is -2.28. The van der Waals surface area contributed by atoms with Crippen LogP contribution in [-0.2, 0) is 11.3 Å². The molecule has 0 unspecified atom stereocenters. The lowest BCUT2D eigenvalue weighted by Gasteiger charge is -2.19. The van der Waals surface area contributed by atoms with Crippen molar-refractivity contribution in [1.82, 2.24) is 10.2 Å². The van der Waals surface area contributed by atoms with Crippen LogP contribution in [0.15, 0.2) is 18.2 Å². The summed E-state index contributed by atoms with van der Waals surface area (Å²) in [6.45, 7) is 12.7. The molecule has 0 atom stereocenters. The molecule has 1 rings (SSSR count). The van der Waals surface area contributed by atoms with Gasteiger partial charge in [0.2, 0.25) is 0 Å². The zero-order valence-electron chi connectivity index (χ0n) is 13.9. The summed E-state index contributed by atoms with van der Waals surface area (Å²) in [5.74, 6) is 0.984. The fourth-order valence-electron chi connectivity index (χ4n) is 2.21. The van der Waals surface area contributed by atoms with Gasteiger partial charge in [-0.15, -0.1) is 0 Å². The van der Waals surface area contributed by atoms with Crippen molar-refractivity contribution < 1.29 is 9.47 Å². The first kappa shape index (κ1) is 18.0. The van der Waals surface area contributed by atoms with E-state index in [0.717, 1.165) is 51.7 Å². The Kier molecular flexibility index (Phi) is 9.06. The monoisotopic (exact) mass is 294 g/mol. The minimum atomic E-state index is 0.726. The molecule has 120 valence electrons. The maximum atomic E-state index is 5.97. The molecule has 21 heavy (non-hydrogen) atoms. The summed E-state index contributed by atoms with van der Waals surface area (Å²) in [6.07, 6.45) is 0. The number of rotatable bonds is 11. The third-order valence-corrected chi connectivity index (χ3v) is 3.57. The van der Waals surface area contributed by atoms with Crippen LogP contribution in [0.1, 0.15) is 25.0 Å². The van der Waals surface area contributed by atoms with Gasteiger partial charge in [-0.1, -0.05) is 31.5 Å². The molecule has 4 heteroatoms. The number of likely N-dealkylation sites (N-methyl/N-ethyl adjacent to an activating group) is 1. The van der Waals surface area contributed by atoms with Crippen molar-refractivity contribution in [3.63, 3.8) is 0 Å². The SMILES string of the molecule is CCN(CC)CCOc1ccc(C)cc1CNCCOC. The van der Waals surface area contributed by atoms with E-state index in [-0.39, 0.29) is 0 Å². The van der Waals surface area contributed by atoms with E-state index in [4.69, 9.17) is 9.47 Å². The molecule has 0 aliphatic rings. The molecule has 0 radical (unpaired) electrons. The average molecular weight is 294 g/mol. The van der Waals surface area contributed by atoms with Gasteiger partial charge in [-0.3, -0.25) is 0 Å². The number of nitrogens with one attached hydrogen (secondary N) is 1. The maximum Gasteiger partial charge on any atom is 0.123 e. The van der Waals surface area contributed by atoms with Crippen molar-refractivity contribution in [1.29, 1.82) is 0 Å². The highest BCUT2D eigenvalue weighted by Gasteiger charge is 2.05. The van der Waals surface area contributed by atoms with Crippen LogP contribution in [0.4, 0.5) is 0 Å². The summed E-state index contributed by atoms with van der Waals surface area (Å²) in [6, 6.07) is 6.36. The third-order valence-electron chi connectivity index (χ3n) is 3.57. The van der Waals surface area contributed by atoms with E-state index in [1.165, 1.54) is 11.1 Å². The molecule has 1 N–H and O–H groups in total. The van der Waals surface area contributed by atoms with Gasteiger partial charge in [-0.05, 0) is 26.1 Å². The minimum absolute atomic E-state index is 0.726. The number of ether oxygens (including phenoxy) is 2. The Labute approximate surface area is 129 Å². The van der Waals surface area contributed by atoms with Crippen molar-refractivity contribution in [3.8, 4) is 5.75 Å². The first-order chi connectivity index (χ1) is 10.2. The molecule has 1 aromatic carbocycles. The number of benzene rings is 1. The molecule has 0 saturated heterocycles. The van der Waals surface area contributed by atoms with Gasteiger partial charge < -0.3 is 19.7 Å². The fraction of sp³-hybridized carbons (Fsp3) is 0.647. The van der Waals surface area contributed by atoms with Crippen molar-refractivity contribution >= 4 is 0 Å². The van der Waals surface area contributed by atoms with Crippen LogP contribution in [0.3, 0.4) is 0 Å². The Morgan fingerprint density at radius 3 is 2.57 bits per heavy atom. The van der Waals surface area contributed by atoms with E-state index in [0.29, 0.717) is 0 Å². The van der Waals surface area contributed by atoms with Crippen LogP contribution < -0.4 is 10.1 Å². The van der Waals surface area contributed by atoms with Crippen molar-refractivity contribution in [2.24, 2.45) is 0 Å². The number of nitrogens with zero attached hydrogens (tertiary/aromatic N) is 1. The molecule has 1 aromatic rings. The van der Waals surface area contributed by atoms with Crippen LogP contribution >= 0.6 is 0 Å². The molecule has 0 amide bonds. The molecule has 4 nitrogen and oxygen atoms in total. The zero-order chi connectivity index (χ0) is 15.5. The van der Waals surface area contributed by atoms with Gasteiger partial charge in [0, 0.05) is 32.3 Å². The molecule has 0 bridgehead atoms. The standard InChI is InChI=1S/C17H30N2O2/c1-5-19(6-2)10-12-21-17-8-7-15(3)13-16(17)14-18-9-11-20-4/h7-8,13,18H,5-6,9-12,14H2,1-4H3. The van der Waals surface area contributed by atoms with Gasteiger partial charge in [0.05, 0.1) is 6.61 Å². The highest BCUT2D eigenvalue weighted by molar-refractivity contribution is 5.36. The quantitative estimate of drug-likeness (QED) is 0.636. The lowest BCUT2D eigenvalue weighted by atomic mass is 10.1. The van der Waals surface area contributed by atoms with Crippen LogP contribution in [0.5, 0.6) is 5.75 Å². The van der Waals surface area contributed by atoms with Gasteiger partial charge in [-0.25, -0.2) is 0 Å². The van der Waals surface area contributed by atoms with Crippen molar-refractivity contribution in [3.05, 3.63) is 29.3 Å². The van der Waals surface area contributed by atoms with Crippen molar-refractivity contribution in [2.75, 3.05) is 46.5 Å². The van der Waals surface area contributed by atoms with Crippen LogP contribution in [-0.4, -0.2) is 51.4 Å². The molecular weight excluding hydrogens is 264 g/mol. The van der Waals surface area contributed by atoms with E-state index in [9.17, 15) is 0 Å². The van der Waals surface area contributed by atoms with Crippen LogP contribution in [0.25, 0.3) is 0 Å². The molecular formula is C17H30N2O2. The Bertz CT molecular complexity index is 392. The number of hydrogen-bond acceptors (Lipinski definition) is 4. The summed E-state index contributed by atoms with van der Waals surface area (Å²) >= 11 is 0. The molecule has 0 saturated carbocycles. The van der Waals surface area contributed by atoms with Gasteiger partial charge in [-0.2, -0.15) is 0 Å². The highest BCUT2D eigenvalue weighted by atomic mass is 16.5. The van der Waals surface area contributed by atoms with E-state index < -0.39 is 0 Å². The lowest BCUT2D eigenvalue weighted by molar-refractivity contribution is 0.198. The Morgan fingerprint density at radius 1 is 1.14 bits per heavy atom. The maximum absolute atomic E-state index is 5.97. The second-order valence-electron chi connectivity index (χ2n) is 5.16. The smallest absolute Gasteiger partial charge is 0.123 e. The highest BCUT2D eigenvalue weighted by Crippen LogP contribution is 2.20. The van der Waals surface area contributed by atoms with E-state index in [2.05, 4.69) is 49.2 Å². The first-order valence-corrected chi connectivity index (χ1v) is 7.85. The number of aryl methyl sites for hydroxylation is 1. The molecule has 0 heterocycles. The van der Waals surface area contributed by atoms with E-state index in [1.807, 2.05) is 0 Å². The second-order valence-corrected chi connectivity index (χ2v) is 5.16. The molecule has 0 spiro atoms. The Balaban J connectivity index is 2.51. The average Bonchev–Trinajstić information content (AvgIpc) is 2.50. The molecule has 0 aliphatic carbocycles. The Morgan fingerprint density at radius 2 is 1.90 bits per heavy atom. The van der Waals surface area contributed by atoms with Gasteiger partial charge in [0.25, 0.3) is 0 Å². The van der Waals surface area contributed by atoms with Crippen LogP contribution in [0.2, 0.25) is 0 Å². The summed E-state index contributed by atoms with van der Waals surface area (Å²) in [5, 5.41) is 3.38. The summed E-state index contributed by atoms with van der Waals surface area (Å²) in [5.41, 5.74) is 2.47. The second kappa shape index (κ2) is 10.6. The third kappa shape index (κ3) is 6.93. The van der Waals surface area contributed by atoms with Crippen molar-refractivity contribution in [2.45, 2.75) is 27.3 Å². The number of hydrogen-bond donors (Lipinski definition) is 1. The van der Waals surface area contributed by atoms with Gasteiger partial charge in [0.15, 0.2) is 0 Å². The molecule has 0 aromatic heterocycles. The largest absolute Gasteiger partial charge is 0.492 e. The molecule has 0 aliphatic heterocycles. The van der Waals surface area contributed by atoms with Gasteiger partial charge in [0.1, 0.15) is 12.4 Å². The summed E-state index contributed by atoms with van der Waals surface area (Å²) < 4.78 is 11.0. The number of methoxy groups -OCH3 is 1. The Hall–Kier alpha value is -1.10. The first-order valence-electron chi connectivity index (χ1n) is 7.85. The minimum Gasteiger partial charge on any atom is -0.492 e. The normalized spacial score (nSPS) is 11.1. The summed E-state index contributed by atoms with van der Waals surface area (Å²) in [4.78, 5) is 2.37. The van der Waals surface area contributed by atoms with Gasteiger partial charge >= 0.3 is 0 Å². The zero-order valence-corrected chi connectivity index (χ0v) is 13.9. The predicted octanol–water partition coefficient (Wildman–Crippen LogP) is 2.45. The fourth-order valence-corrected chi connectivity index (χ4v) is 2.21. The topological polar surface area (TPSA) is 33.7 Å². The predicted molar refractivity (Wildman–Crippen MR) is 88.0 cm³/mol. The van der Waals surface area contributed by atoms with E-state index >= 15 is 0 Å². The van der Waals surface area contributed by atoms with Crippen LogP contribution in [0, 0.1) is 6.92 Å². The summed E-state index contributed by atoms with van der Waals surface area (Å²) in [7, 11) is 1.72. The molecule has 0 fully saturated rings. The van der Waals surface area contributed by atoms with E-state index in [1.54, 1.807) is 7.11 Å².